The summed E-state index contributed by atoms with van der Waals surface area (Å²) in [6, 6.07) is 0.509. The van der Waals surface area contributed by atoms with Crippen LogP contribution in [0, 0.1) is 5.92 Å². The fourth-order valence-corrected chi connectivity index (χ4v) is 2.82. The second-order valence-electron chi connectivity index (χ2n) is 4.96. The van der Waals surface area contributed by atoms with Crippen LogP contribution in [0.5, 0.6) is 0 Å². The third kappa shape index (κ3) is 4.12. The summed E-state index contributed by atoms with van der Waals surface area (Å²) in [5.41, 5.74) is 0. The minimum Gasteiger partial charge on any atom is -0.480 e. The average molecular weight is 227 g/mol. The number of carbonyl (C=O) groups is 1. The van der Waals surface area contributed by atoms with Crippen molar-refractivity contribution < 1.29 is 9.90 Å². The van der Waals surface area contributed by atoms with Gasteiger partial charge < -0.3 is 5.11 Å². The van der Waals surface area contributed by atoms with Crippen molar-refractivity contribution in [3.05, 3.63) is 0 Å². The third-order valence-corrected chi connectivity index (χ3v) is 3.70. The Bertz CT molecular complexity index is 218. The molecule has 0 amide bonds. The summed E-state index contributed by atoms with van der Waals surface area (Å²) in [5.74, 6) is 0.124. The lowest BCUT2D eigenvalue weighted by Gasteiger charge is -2.36. The first-order chi connectivity index (χ1) is 7.67. The van der Waals surface area contributed by atoms with Crippen molar-refractivity contribution >= 4 is 5.97 Å². The SMILES string of the molecule is CCCN(CC(=O)O)C1CCCC(CC)C1. The van der Waals surface area contributed by atoms with E-state index in [-0.39, 0.29) is 6.54 Å². The van der Waals surface area contributed by atoms with Crippen molar-refractivity contribution in [2.75, 3.05) is 13.1 Å². The second-order valence-corrected chi connectivity index (χ2v) is 4.96. The van der Waals surface area contributed by atoms with Gasteiger partial charge >= 0.3 is 5.97 Å². The van der Waals surface area contributed by atoms with Crippen LogP contribution in [-0.4, -0.2) is 35.1 Å². The van der Waals surface area contributed by atoms with Crippen LogP contribution in [0.2, 0.25) is 0 Å². The maximum Gasteiger partial charge on any atom is 0.317 e. The van der Waals surface area contributed by atoms with Gasteiger partial charge in [-0.05, 0) is 31.7 Å². The molecule has 1 rings (SSSR count). The van der Waals surface area contributed by atoms with E-state index < -0.39 is 5.97 Å². The van der Waals surface area contributed by atoms with E-state index in [1.165, 1.54) is 32.1 Å². The molecule has 1 fully saturated rings. The molecule has 0 saturated heterocycles. The van der Waals surface area contributed by atoms with Gasteiger partial charge in [0, 0.05) is 6.04 Å². The maximum atomic E-state index is 10.8. The van der Waals surface area contributed by atoms with E-state index in [1.54, 1.807) is 0 Å². The molecule has 94 valence electrons. The van der Waals surface area contributed by atoms with Crippen LogP contribution >= 0.6 is 0 Å². The standard InChI is InChI=1S/C13H25NO2/c1-3-8-14(10-13(15)16)12-7-5-6-11(4-2)9-12/h11-12H,3-10H2,1-2H3,(H,15,16). The zero-order chi connectivity index (χ0) is 12.0. The van der Waals surface area contributed by atoms with E-state index in [2.05, 4.69) is 18.7 Å². The molecule has 0 heterocycles. The minimum atomic E-state index is -0.688. The molecule has 0 aromatic heterocycles. The lowest BCUT2D eigenvalue weighted by molar-refractivity contribution is -0.139. The minimum absolute atomic E-state index is 0.217. The first kappa shape index (κ1) is 13.5. The normalized spacial score (nSPS) is 25.9. The Hall–Kier alpha value is -0.570. The largest absolute Gasteiger partial charge is 0.480 e. The summed E-state index contributed by atoms with van der Waals surface area (Å²) < 4.78 is 0. The predicted octanol–water partition coefficient (Wildman–Crippen LogP) is 2.75. The predicted molar refractivity (Wildman–Crippen MR) is 65.5 cm³/mol. The second kappa shape index (κ2) is 6.89. The van der Waals surface area contributed by atoms with Gasteiger partial charge in [0.15, 0.2) is 0 Å². The molecular weight excluding hydrogens is 202 g/mol. The Morgan fingerprint density at radius 2 is 2.12 bits per heavy atom. The van der Waals surface area contributed by atoms with Crippen LogP contribution in [0.4, 0.5) is 0 Å². The van der Waals surface area contributed by atoms with Gasteiger partial charge in [-0.2, -0.15) is 0 Å². The first-order valence-corrected chi connectivity index (χ1v) is 6.63. The summed E-state index contributed by atoms with van der Waals surface area (Å²) in [5, 5.41) is 8.92. The lowest BCUT2D eigenvalue weighted by Crippen LogP contribution is -2.42. The Labute approximate surface area is 98.8 Å². The summed E-state index contributed by atoms with van der Waals surface area (Å²) in [4.78, 5) is 13.0. The van der Waals surface area contributed by atoms with Gasteiger partial charge in [-0.3, -0.25) is 9.69 Å². The van der Waals surface area contributed by atoms with Crippen molar-refractivity contribution in [1.82, 2.24) is 4.90 Å². The van der Waals surface area contributed by atoms with Gasteiger partial charge in [0.1, 0.15) is 0 Å². The molecule has 0 aliphatic heterocycles. The Morgan fingerprint density at radius 3 is 2.69 bits per heavy atom. The molecule has 0 aromatic carbocycles. The monoisotopic (exact) mass is 227 g/mol. The highest BCUT2D eigenvalue weighted by molar-refractivity contribution is 5.69. The number of hydrogen-bond donors (Lipinski definition) is 1. The quantitative estimate of drug-likeness (QED) is 0.758. The molecule has 0 aromatic rings. The van der Waals surface area contributed by atoms with Crippen LogP contribution < -0.4 is 0 Å². The molecule has 1 saturated carbocycles. The van der Waals surface area contributed by atoms with Crippen LogP contribution in [0.1, 0.15) is 52.4 Å². The van der Waals surface area contributed by atoms with Crippen LogP contribution in [0.15, 0.2) is 0 Å². The Balaban J connectivity index is 2.51. The van der Waals surface area contributed by atoms with Crippen molar-refractivity contribution in [1.29, 1.82) is 0 Å². The van der Waals surface area contributed by atoms with Crippen molar-refractivity contribution in [2.24, 2.45) is 5.92 Å². The molecule has 0 bridgehead atoms. The molecule has 1 aliphatic carbocycles. The average Bonchev–Trinajstić information content (AvgIpc) is 2.28. The third-order valence-electron chi connectivity index (χ3n) is 3.70. The molecule has 3 heteroatoms. The van der Waals surface area contributed by atoms with Crippen molar-refractivity contribution in [3.8, 4) is 0 Å². The van der Waals surface area contributed by atoms with Crippen molar-refractivity contribution in [3.63, 3.8) is 0 Å². The molecule has 3 nitrogen and oxygen atoms in total. The first-order valence-electron chi connectivity index (χ1n) is 6.63. The number of rotatable bonds is 6. The van der Waals surface area contributed by atoms with E-state index in [0.29, 0.717) is 6.04 Å². The van der Waals surface area contributed by atoms with E-state index in [1.807, 2.05) is 0 Å². The van der Waals surface area contributed by atoms with Gasteiger partial charge in [0.05, 0.1) is 6.54 Å². The summed E-state index contributed by atoms with van der Waals surface area (Å²) in [6.07, 6.45) is 7.26. The van der Waals surface area contributed by atoms with Gasteiger partial charge in [0.2, 0.25) is 0 Å². The molecule has 1 aliphatic rings. The van der Waals surface area contributed by atoms with Crippen LogP contribution in [0.3, 0.4) is 0 Å². The zero-order valence-corrected chi connectivity index (χ0v) is 10.6. The highest BCUT2D eigenvalue weighted by Gasteiger charge is 2.26. The summed E-state index contributed by atoms with van der Waals surface area (Å²) in [7, 11) is 0. The molecule has 0 radical (unpaired) electrons. The number of carboxylic acids is 1. The highest BCUT2D eigenvalue weighted by atomic mass is 16.4. The van der Waals surface area contributed by atoms with Gasteiger partial charge in [-0.25, -0.2) is 0 Å². The maximum absolute atomic E-state index is 10.8. The fraction of sp³-hybridized carbons (Fsp3) is 0.923. The zero-order valence-electron chi connectivity index (χ0n) is 10.6. The lowest BCUT2D eigenvalue weighted by atomic mass is 9.83. The van der Waals surface area contributed by atoms with Crippen molar-refractivity contribution in [2.45, 2.75) is 58.4 Å². The number of aliphatic carboxylic acids is 1. The number of nitrogens with zero attached hydrogens (tertiary/aromatic N) is 1. The Morgan fingerprint density at radius 1 is 1.38 bits per heavy atom. The Kier molecular flexibility index (Phi) is 5.81. The van der Waals surface area contributed by atoms with Gasteiger partial charge in [0.25, 0.3) is 0 Å². The van der Waals surface area contributed by atoms with Gasteiger partial charge in [-0.1, -0.05) is 33.1 Å². The van der Waals surface area contributed by atoms with E-state index in [0.717, 1.165) is 18.9 Å². The fourth-order valence-electron chi connectivity index (χ4n) is 2.82. The number of hydrogen-bond acceptors (Lipinski definition) is 2. The summed E-state index contributed by atoms with van der Waals surface area (Å²) in [6.45, 7) is 5.51. The smallest absolute Gasteiger partial charge is 0.317 e. The number of carboxylic acid groups (broad SMARTS) is 1. The molecular formula is C13H25NO2. The van der Waals surface area contributed by atoms with E-state index in [9.17, 15) is 4.79 Å². The van der Waals surface area contributed by atoms with E-state index in [4.69, 9.17) is 5.11 Å². The van der Waals surface area contributed by atoms with Crippen LogP contribution in [0.25, 0.3) is 0 Å². The topological polar surface area (TPSA) is 40.5 Å². The highest BCUT2D eigenvalue weighted by Crippen LogP contribution is 2.29. The van der Waals surface area contributed by atoms with E-state index >= 15 is 0 Å². The molecule has 16 heavy (non-hydrogen) atoms. The molecule has 1 N–H and O–H groups in total. The molecule has 0 spiro atoms. The van der Waals surface area contributed by atoms with Crippen LogP contribution in [-0.2, 0) is 4.79 Å². The molecule has 2 atom stereocenters. The van der Waals surface area contributed by atoms with Gasteiger partial charge in [-0.15, -0.1) is 0 Å². The molecule has 2 unspecified atom stereocenters. The summed E-state index contributed by atoms with van der Waals surface area (Å²) >= 11 is 0.